The summed E-state index contributed by atoms with van der Waals surface area (Å²) in [7, 11) is 2.39. The van der Waals surface area contributed by atoms with Crippen LogP contribution in [0.15, 0.2) is 35.3 Å². The van der Waals surface area contributed by atoms with Crippen LogP contribution in [0.5, 0.6) is 5.75 Å². The number of phenolic OH excluding ortho intramolecular Hbond substituents is 1. The summed E-state index contributed by atoms with van der Waals surface area (Å²) in [5.41, 5.74) is 5.67. The summed E-state index contributed by atoms with van der Waals surface area (Å²) in [6.45, 7) is 10.7. The van der Waals surface area contributed by atoms with E-state index in [1.54, 1.807) is 0 Å². The van der Waals surface area contributed by atoms with E-state index in [1.165, 1.54) is 22.0 Å². The largest absolute Gasteiger partial charge is 0.507 e. The van der Waals surface area contributed by atoms with Crippen molar-refractivity contribution in [2.45, 2.75) is 52.6 Å². The molecule has 134 valence electrons. The van der Waals surface area contributed by atoms with Gasteiger partial charge < -0.3 is 5.11 Å². The summed E-state index contributed by atoms with van der Waals surface area (Å²) < 4.78 is 0. The van der Waals surface area contributed by atoms with Gasteiger partial charge in [0, 0.05) is 24.0 Å². The summed E-state index contributed by atoms with van der Waals surface area (Å²) in [4.78, 5) is 4.23. The highest BCUT2D eigenvalue weighted by Gasteiger charge is 2.30. The first-order valence-corrected chi connectivity index (χ1v) is 9.92. The summed E-state index contributed by atoms with van der Waals surface area (Å²) in [6, 6.07) is 10.8. The molecule has 0 saturated heterocycles. The third-order valence-electron chi connectivity index (χ3n) is 4.68. The molecule has 2 nitrogen and oxygen atoms in total. The van der Waals surface area contributed by atoms with Crippen LogP contribution < -0.4 is 5.30 Å². The van der Waals surface area contributed by atoms with E-state index in [1.807, 2.05) is 20.2 Å². The van der Waals surface area contributed by atoms with Crippen molar-refractivity contribution in [3.8, 4) is 5.75 Å². The van der Waals surface area contributed by atoms with E-state index >= 15 is 0 Å². The van der Waals surface area contributed by atoms with E-state index in [9.17, 15) is 5.11 Å². The molecule has 2 aromatic rings. The van der Waals surface area contributed by atoms with Gasteiger partial charge in [0.2, 0.25) is 0 Å². The number of aromatic hydroxyl groups is 1. The topological polar surface area (TPSA) is 32.6 Å². The molecule has 0 spiro atoms. The van der Waals surface area contributed by atoms with Crippen LogP contribution in [-0.4, -0.2) is 18.4 Å². The van der Waals surface area contributed by atoms with Crippen molar-refractivity contribution in [1.82, 2.24) is 0 Å². The monoisotopic (exact) mass is 355 g/mol. The van der Waals surface area contributed by atoms with Crippen LogP contribution >= 0.6 is 8.58 Å². The van der Waals surface area contributed by atoms with Gasteiger partial charge in [-0.25, -0.2) is 0 Å². The summed E-state index contributed by atoms with van der Waals surface area (Å²) in [5.74, 6) is 0.451. The highest BCUT2D eigenvalue weighted by Crippen LogP contribution is 2.49. The van der Waals surface area contributed by atoms with E-state index < -0.39 is 0 Å². The first kappa shape index (κ1) is 19.7. The number of benzene rings is 2. The van der Waals surface area contributed by atoms with E-state index in [2.05, 4.69) is 63.0 Å². The molecule has 25 heavy (non-hydrogen) atoms. The summed E-state index contributed by atoms with van der Waals surface area (Å²) >= 11 is 0. The standard InChI is InChI=1S/C22H30NOP/c1-7-10-22(5,19-13-16(3)11-17(4)21(19)24)25-20-9-8-15(2)12-18(20)14-23-6/h8-9,11-14,24-25H,7,10H2,1-6H3/b23-14+. The minimum atomic E-state index is -0.0821. The number of aliphatic imine (C=N–C) groups is 1. The fourth-order valence-corrected chi connectivity index (χ4v) is 5.23. The smallest absolute Gasteiger partial charge is 0.122 e. The predicted molar refractivity (Wildman–Crippen MR) is 112 cm³/mol. The first-order chi connectivity index (χ1) is 11.8. The fraction of sp³-hybridized carbons (Fsp3) is 0.409. The van der Waals surface area contributed by atoms with E-state index in [4.69, 9.17) is 0 Å². The van der Waals surface area contributed by atoms with Gasteiger partial charge in [0.05, 0.1) is 0 Å². The summed E-state index contributed by atoms with van der Waals surface area (Å²) in [5, 5.41) is 12.0. The Morgan fingerprint density at radius 3 is 2.48 bits per heavy atom. The number of rotatable bonds is 6. The Labute approximate surface area is 154 Å². The van der Waals surface area contributed by atoms with Crippen LogP contribution in [0.25, 0.3) is 0 Å². The molecule has 0 aliphatic heterocycles. The molecule has 2 unspecified atom stereocenters. The van der Waals surface area contributed by atoms with Gasteiger partial charge in [-0.15, -0.1) is 0 Å². The van der Waals surface area contributed by atoms with Gasteiger partial charge in [0.25, 0.3) is 0 Å². The van der Waals surface area contributed by atoms with Gasteiger partial charge in [-0.3, -0.25) is 4.99 Å². The van der Waals surface area contributed by atoms with Crippen LogP contribution in [-0.2, 0) is 5.16 Å². The first-order valence-electron chi connectivity index (χ1n) is 8.92. The fourth-order valence-electron chi connectivity index (χ4n) is 3.48. The molecule has 0 aliphatic rings. The molecule has 0 fully saturated rings. The average Bonchev–Trinajstić information content (AvgIpc) is 2.54. The van der Waals surface area contributed by atoms with Crippen LogP contribution in [0.4, 0.5) is 0 Å². The lowest BCUT2D eigenvalue weighted by Gasteiger charge is -2.32. The average molecular weight is 355 g/mol. The third kappa shape index (κ3) is 4.50. The lowest BCUT2D eigenvalue weighted by molar-refractivity contribution is 0.449. The molecule has 2 atom stereocenters. The molecule has 3 heteroatoms. The quantitative estimate of drug-likeness (QED) is 0.547. The number of hydrogen-bond donors (Lipinski definition) is 1. The number of aryl methyl sites for hydroxylation is 3. The Morgan fingerprint density at radius 2 is 1.84 bits per heavy atom. The molecule has 2 aromatic carbocycles. The molecule has 1 N–H and O–H groups in total. The van der Waals surface area contributed by atoms with Crippen molar-refractivity contribution < 1.29 is 5.11 Å². The molecule has 0 radical (unpaired) electrons. The minimum Gasteiger partial charge on any atom is -0.507 e. The maximum Gasteiger partial charge on any atom is 0.122 e. The highest BCUT2D eigenvalue weighted by molar-refractivity contribution is 7.48. The van der Waals surface area contributed by atoms with Crippen molar-refractivity contribution in [3.05, 3.63) is 58.1 Å². The van der Waals surface area contributed by atoms with Crippen LogP contribution in [0.2, 0.25) is 0 Å². The van der Waals surface area contributed by atoms with Crippen molar-refractivity contribution in [3.63, 3.8) is 0 Å². The van der Waals surface area contributed by atoms with Crippen molar-refractivity contribution in [1.29, 1.82) is 0 Å². The van der Waals surface area contributed by atoms with Crippen LogP contribution in [0, 0.1) is 20.8 Å². The lowest BCUT2D eigenvalue weighted by Crippen LogP contribution is -2.21. The van der Waals surface area contributed by atoms with E-state index in [-0.39, 0.29) is 5.16 Å². The molecule has 0 aliphatic carbocycles. The third-order valence-corrected chi connectivity index (χ3v) is 6.47. The van der Waals surface area contributed by atoms with Gasteiger partial charge in [-0.2, -0.15) is 0 Å². The van der Waals surface area contributed by atoms with Crippen molar-refractivity contribution >= 4 is 20.1 Å². The number of phenols is 1. The molecule has 0 aromatic heterocycles. The predicted octanol–water partition coefficient (Wildman–Crippen LogP) is 5.39. The summed E-state index contributed by atoms with van der Waals surface area (Å²) in [6.07, 6.45) is 4.07. The van der Waals surface area contributed by atoms with Gasteiger partial charge in [0.15, 0.2) is 0 Å². The minimum absolute atomic E-state index is 0.0821. The highest BCUT2D eigenvalue weighted by atomic mass is 31.1. The zero-order valence-corrected chi connectivity index (χ0v) is 17.3. The normalized spacial score (nSPS) is 14.5. The van der Waals surface area contributed by atoms with Crippen LogP contribution in [0.3, 0.4) is 0 Å². The molecule has 0 heterocycles. The van der Waals surface area contributed by atoms with Crippen molar-refractivity contribution in [2.24, 2.45) is 4.99 Å². The number of hydrogen-bond acceptors (Lipinski definition) is 2. The zero-order chi connectivity index (χ0) is 18.6. The Balaban J connectivity index is 2.56. The second-order valence-electron chi connectivity index (χ2n) is 7.16. The zero-order valence-electron chi connectivity index (χ0n) is 16.3. The second-order valence-corrected chi connectivity index (χ2v) is 9.06. The van der Waals surface area contributed by atoms with Gasteiger partial charge >= 0.3 is 0 Å². The van der Waals surface area contributed by atoms with Gasteiger partial charge in [-0.05, 0) is 49.7 Å². The maximum absolute atomic E-state index is 10.8. The molecular formula is C22H30NOP. The molecule has 0 saturated carbocycles. The Kier molecular flexibility index (Phi) is 6.41. The molecule has 0 bridgehead atoms. The second kappa shape index (κ2) is 8.15. The van der Waals surface area contributed by atoms with E-state index in [0.717, 1.165) is 24.0 Å². The molecule has 0 amide bonds. The molecule has 2 rings (SSSR count). The van der Waals surface area contributed by atoms with E-state index in [0.29, 0.717) is 14.3 Å². The Hall–Kier alpha value is -1.66. The Bertz CT molecular complexity index is 782. The Morgan fingerprint density at radius 1 is 1.12 bits per heavy atom. The van der Waals surface area contributed by atoms with Gasteiger partial charge in [-0.1, -0.05) is 64.2 Å². The van der Waals surface area contributed by atoms with Gasteiger partial charge in [0.1, 0.15) is 5.75 Å². The van der Waals surface area contributed by atoms with Crippen LogP contribution in [0.1, 0.15) is 54.5 Å². The van der Waals surface area contributed by atoms with Crippen molar-refractivity contribution in [2.75, 3.05) is 7.05 Å². The molecular weight excluding hydrogens is 325 g/mol. The SMILES string of the molecule is CCCC(C)(Pc1ccc(C)cc1/C=N/C)c1cc(C)cc(C)c1O. The lowest BCUT2D eigenvalue weighted by atomic mass is 9.91. The number of nitrogens with zero attached hydrogens (tertiary/aromatic N) is 1. The maximum atomic E-state index is 10.8.